The summed E-state index contributed by atoms with van der Waals surface area (Å²) in [6, 6.07) is -11.5. The first kappa shape index (κ1) is 69.6. The molecule has 30 heteroatoms. The van der Waals surface area contributed by atoms with Gasteiger partial charge in [0.15, 0.2) is 11.9 Å². The molecule has 0 rings (SSSR count). The van der Waals surface area contributed by atoms with E-state index in [0.717, 1.165) is 0 Å². The summed E-state index contributed by atoms with van der Waals surface area (Å²) in [6.07, 6.45) is -1.69. The predicted octanol–water partition coefficient (Wildman–Crippen LogP) is -5.22. The Balaban J connectivity index is 6.70. The highest BCUT2D eigenvalue weighted by Gasteiger charge is 2.38. The zero-order valence-electron chi connectivity index (χ0n) is 45.6. The molecule has 0 bridgehead atoms. The first-order valence-electron chi connectivity index (χ1n) is 25.5. The van der Waals surface area contributed by atoms with E-state index in [0.29, 0.717) is 12.8 Å². The van der Waals surface area contributed by atoms with Crippen LogP contribution in [-0.4, -0.2) is 173 Å². The molecule has 0 aromatic carbocycles. The number of aliphatic hydroxyl groups is 1. The molecule has 0 aliphatic carbocycles. The van der Waals surface area contributed by atoms with Crippen LogP contribution in [0.15, 0.2) is 9.98 Å². The predicted molar refractivity (Wildman–Crippen MR) is 282 cm³/mol. The van der Waals surface area contributed by atoms with Crippen molar-refractivity contribution in [2.45, 2.75) is 168 Å². The maximum absolute atomic E-state index is 14.3. The van der Waals surface area contributed by atoms with Crippen molar-refractivity contribution in [2.24, 2.45) is 62.3 Å². The molecule has 0 unspecified atom stereocenters. The molecule has 0 heterocycles. The maximum Gasteiger partial charge on any atom is 0.326 e. The largest absolute Gasteiger partial charge is 0.481 e. The molecule has 0 saturated heterocycles. The molecule has 438 valence electrons. The highest BCUT2D eigenvalue weighted by Crippen LogP contribution is 2.14. The van der Waals surface area contributed by atoms with E-state index in [4.69, 9.17) is 28.7 Å². The molecule has 0 radical (unpaired) electrons. The van der Waals surface area contributed by atoms with Crippen molar-refractivity contribution in [3.8, 4) is 0 Å². The molecule has 0 aliphatic rings. The van der Waals surface area contributed by atoms with Gasteiger partial charge in [-0.1, -0.05) is 68.2 Å². The number of nitrogens with one attached hydrogen (secondary N) is 9. The number of nitrogens with two attached hydrogens (primary N) is 5. The van der Waals surface area contributed by atoms with Gasteiger partial charge in [0.25, 0.3) is 0 Å². The third-order valence-corrected chi connectivity index (χ3v) is 12.0. The van der Waals surface area contributed by atoms with Gasteiger partial charge < -0.3 is 91.8 Å². The lowest BCUT2D eigenvalue weighted by Gasteiger charge is -2.31. The Morgan fingerprint density at radius 1 is 0.494 bits per heavy atom. The number of amides is 9. The van der Waals surface area contributed by atoms with Crippen LogP contribution in [0.1, 0.15) is 114 Å². The quantitative estimate of drug-likeness (QED) is 0.0157. The average Bonchev–Trinajstić information content (AvgIpc) is 3.34. The number of hydrogen-bond donors (Lipinski definition) is 17. The summed E-state index contributed by atoms with van der Waals surface area (Å²) in [5.74, 6) is -13.3. The minimum absolute atomic E-state index is 0.0104. The number of aliphatic hydroxyl groups excluding tert-OH is 1. The van der Waals surface area contributed by atoms with Crippen molar-refractivity contribution in [1.82, 2.24) is 47.9 Å². The van der Waals surface area contributed by atoms with Gasteiger partial charge in [0.05, 0.1) is 25.6 Å². The van der Waals surface area contributed by atoms with E-state index >= 15 is 0 Å². The van der Waals surface area contributed by atoms with Crippen LogP contribution in [0.25, 0.3) is 0 Å². The van der Waals surface area contributed by atoms with E-state index in [9.17, 15) is 68.1 Å². The van der Waals surface area contributed by atoms with Gasteiger partial charge in [0.2, 0.25) is 53.2 Å². The van der Waals surface area contributed by atoms with E-state index in [1.807, 2.05) is 0 Å². The summed E-state index contributed by atoms with van der Waals surface area (Å²) >= 11 is 0. The number of nitrogens with zero attached hydrogens (tertiary/aromatic N) is 2. The number of carboxylic acid groups (broad SMARTS) is 2. The Kier molecular flexibility index (Phi) is 32.4. The lowest BCUT2D eigenvalue weighted by Crippen LogP contribution is -2.63. The zero-order valence-corrected chi connectivity index (χ0v) is 45.6. The summed E-state index contributed by atoms with van der Waals surface area (Å²) in [7, 11) is 0. The van der Waals surface area contributed by atoms with E-state index < -0.39 is 157 Å². The van der Waals surface area contributed by atoms with Gasteiger partial charge in [-0.3, -0.25) is 57.9 Å². The molecule has 11 atom stereocenters. The van der Waals surface area contributed by atoms with Crippen molar-refractivity contribution in [3.63, 3.8) is 0 Å². The molecule has 0 aliphatic heterocycles. The third kappa shape index (κ3) is 27.3. The van der Waals surface area contributed by atoms with Crippen LogP contribution in [0.3, 0.4) is 0 Å². The Hall–Kier alpha value is -7.37. The molecule has 30 nitrogen and oxygen atoms in total. The number of aliphatic carboxylic acids is 2. The van der Waals surface area contributed by atoms with Gasteiger partial charge in [-0.05, 0) is 62.7 Å². The van der Waals surface area contributed by atoms with Crippen molar-refractivity contribution in [2.75, 3.05) is 26.2 Å². The summed E-state index contributed by atoms with van der Waals surface area (Å²) in [5.41, 5.74) is 27.1. The monoisotopic (exact) mass is 1100 g/mol. The normalized spacial score (nSPS) is 15.3. The van der Waals surface area contributed by atoms with Crippen molar-refractivity contribution in [1.29, 1.82) is 0 Å². The Morgan fingerprint density at radius 3 is 1.31 bits per heavy atom. The Morgan fingerprint density at radius 2 is 0.909 bits per heavy atom. The molecule has 22 N–H and O–H groups in total. The standard InChI is InChI=1S/C47H86N16O14/c1-10-24(7)35(42(73)57-27(14-12-16-53-46(49)50)39(70)59-30(45(76)77)18-22(3)4)61-40(71)28(15-13-17-54-47(51)52)58-44(75)37(26(9)64)63-43(74)36(25(8)11-2)62-41(72)34(23(5)6)60-32(66)21-55-38(69)29(19-33(67)68)56-31(65)20-48/h22-30,34-37,64H,10-21,48H2,1-9H3,(H,55,69)(H,56,65)(H,57,73)(H,58,75)(H,59,70)(H,60,66)(H,61,71)(H,62,72)(H,63,74)(H,67,68)(H,76,77)(H4,49,50,53)(H4,51,52,54)/t24-,25-,26+,27-,28-,29-,30-,34-,35-,36-,37-/m0/s1. The second-order valence-corrected chi connectivity index (χ2v) is 19.4. The van der Waals surface area contributed by atoms with Crippen LogP contribution in [0, 0.1) is 23.7 Å². The van der Waals surface area contributed by atoms with Crippen LogP contribution in [-0.2, 0) is 52.7 Å². The van der Waals surface area contributed by atoms with Crippen molar-refractivity contribution < 1.29 is 68.1 Å². The molecule has 0 aromatic heterocycles. The maximum atomic E-state index is 14.3. The SMILES string of the molecule is CC[C@H](C)[C@H](NC(=O)[C@H](CCCN=C(N)N)NC(=O)[C@@H](NC(=O)[C@@H](NC(=O)[C@@H](NC(=O)CNC(=O)[C@H](CC(=O)O)NC(=O)CN)C(C)C)[C@@H](C)CC)[C@@H](C)O)C(=O)N[C@@H](CCCN=C(N)N)C(=O)N[C@@H](CC(C)C)C(=O)O. The topological polar surface area (TPSA) is 512 Å². The molecule has 9 amide bonds. The van der Waals surface area contributed by atoms with Crippen LogP contribution < -0.4 is 76.5 Å². The second-order valence-electron chi connectivity index (χ2n) is 19.4. The number of hydrogen-bond acceptors (Lipinski definition) is 15. The van der Waals surface area contributed by atoms with Crippen molar-refractivity contribution >= 4 is 77.0 Å². The van der Waals surface area contributed by atoms with E-state index in [2.05, 4.69) is 57.8 Å². The van der Waals surface area contributed by atoms with Gasteiger partial charge in [-0.2, -0.15) is 0 Å². The molecular weight excluding hydrogens is 1010 g/mol. The van der Waals surface area contributed by atoms with Gasteiger partial charge in [-0.25, -0.2) is 4.79 Å². The lowest BCUT2D eigenvalue weighted by atomic mass is 9.95. The van der Waals surface area contributed by atoms with Crippen LogP contribution in [0.5, 0.6) is 0 Å². The molecule has 77 heavy (non-hydrogen) atoms. The first-order valence-corrected chi connectivity index (χ1v) is 25.5. The second kappa shape index (κ2) is 35.8. The fourth-order valence-electron chi connectivity index (χ4n) is 7.27. The lowest BCUT2D eigenvalue weighted by molar-refractivity contribution is -0.143. The first-order chi connectivity index (χ1) is 35.9. The zero-order chi connectivity index (χ0) is 59.3. The number of aliphatic imine (C=N–C) groups is 2. The van der Waals surface area contributed by atoms with Gasteiger partial charge in [-0.15, -0.1) is 0 Å². The average molecular weight is 1100 g/mol. The molecule has 0 aromatic rings. The minimum atomic E-state index is -1.76. The number of guanidine groups is 2. The van der Waals surface area contributed by atoms with Crippen LogP contribution in [0.4, 0.5) is 0 Å². The molecular formula is C47H86N16O14. The van der Waals surface area contributed by atoms with Gasteiger partial charge in [0, 0.05) is 13.1 Å². The summed E-state index contributed by atoms with van der Waals surface area (Å²) < 4.78 is 0. The van der Waals surface area contributed by atoms with Crippen LogP contribution in [0.2, 0.25) is 0 Å². The molecule has 0 fully saturated rings. The van der Waals surface area contributed by atoms with E-state index in [1.54, 1.807) is 55.4 Å². The number of rotatable bonds is 37. The van der Waals surface area contributed by atoms with Gasteiger partial charge >= 0.3 is 11.9 Å². The summed E-state index contributed by atoms with van der Waals surface area (Å²) in [6.45, 7) is 13.3. The molecule has 0 saturated carbocycles. The number of carbonyl (C=O) groups excluding carboxylic acids is 9. The summed E-state index contributed by atoms with van der Waals surface area (Å²) in [4.78, 5) is 153. The van der Waals surface area contributed by atoms with E-state index in [1.165, 1.54) is 6.92 Å². The smallest absolute Gasteiger partial charge is 0.326 e. The highest BCUT2D eigenvalue weighted by atomic mass is 16.4. The third-order valence-electron chi connectivity index (χ3n) is 12.0. The number of carbonyl (C=O) groups is 11. The fraction of sp³-hybridized carbons (Fsp3) is 0.723. The number of carboxylic acids is 2. The Labute approximate surface area is 448 Å². The molecule has 0 spiro atoms. The highest BCUT2D eigenvalue weighted by molar-refractivity contribution is 5.98. The van der Waals surface area contributed by atoms with Gasteiger partial charge in [0.1, 0.15) is 48.3 Å². The van der Waals surface area contributed by atoms with Crippen molar-refractivity contribution in [3.05, 3.63) is 0 Å². The summed E-state index contributed by atoms with van der Waals surface area (Å²) in [5, 5.41) is 52.0. The Bertz CT molecular complexity index is 2060. The minimum Gasteiger partial charge on any atom is -0.481 e. The fourth-order valence-corrected chi connectivity index (χ4v) is 7.27. The van der Waals surface area contributed by atoms with Crippen LogP contribution >= 0.6 is 0 Å². The van der Waals surface area contributed by atoms with E-state index in [-0.39, 0.29) is 63.0 Å².